The predicted octanol–water partition coefficient (Wildman–Crippen LogP) is -0.913. The molecule has 0 saturated carbocycles. The number of rotatable bonds is 6. The van der Waals surface area contributed by atoms with Crippen LogP contribution in [0, 0.1) is 0 Å². The second-order valence-electron chi connectivity index (χ2n) is 4.31. The van der Waals surface area contributed by atoms with Crippen LogP contribution in [0.4, 0.5) is 0 Å². The number of nitrogens with zero attached hydrogens (tertiary/aromatic N) is 2. The minimum atomic E-state index is -0.255. The number of hydrogen-bond donors (Lipinski definition) is 2. The molecule has 1 aliphatic rings. The maximum Gasteiger partial charge on any atom is 0.234 e. The molecule has 16 heavy (non-hydrogen) atoms. The molecule has 1 unspecified atom stereocenters. The molecule has 1 heterocycles. The maximum atomic E-state index is 11.0. The summed E-state index contributed by atoms with van der Waals surface area (Å²) in [6, 6.07) is -0.191. The Labute approximate surface area is 98.0 Å². The van der Waals surface area contributed by atoms with Gasteiger partial charge in [0.05, 0.1) is 6.04 Å². The highest BCUT2D eigenvalue weighted by atomic mass is 16.1. The summed E-state index contributed by atoms with van der Waals surface area (Å²) in [6.45, 7) is 8.75. The molecule has 1 amide bonds. The molecule has 0 aromatic heterocycles. The van der Waals surface area contributed by atoms with Crippen molar-refractivity contribution < 1.29 is 4.79 Å². The molecule has 1 fully saturated rings. The Morgan fingerprint density at radius 3 is 2.31 bits per heavy atom. The van der Waals surface area contributed by atoms with Gasteiger partial charge in [0, 0.05) is 32.7 Å². The SMILES string of the molecule is CCN1CCN(CCC(NC)C(N)=O)CC1. The van der Waals surface area contributed by atoms with Crippen molar-refractivity contribution in [2.24, 2.45) is 5.73 Å². The van der Waals surface area contributed by atoms with Crippen LogP contribution in [0.25, 0.3) is 0 Å². The van der Waals surface area contributed by atoms with Crippen LogP contribution in [0.15, 0.2) is 0 Å². The van der Waals surface area contributed by atoms with Crippen molar-refractivity contribution in [3.8, 4) is 0 Å². The fourth-order valence-corrected chi connectivity index (χ4v) is 2.07. The number of amides is 1. The van der Waals surface area contributed by atoms with Crippen molar-refractivity contribution in [1.82, 2.24) is 15.1 Å². The fourth-order valence-electron chi connectivity index (χ4n) is 2.07. The summed E-state index contributed by atoms with van der Waals surface area (Å²) in [4.78, 5) is 15.9. The zero-order valence-corrected chi connectivity index (χ0v) is 10.4. The number of carbonyl (C=O) groups is 1. The van der Waals surface area contributed by atoms with E-state index in [4.69, 9.17) is 5.73 Å². The standard InChI is InChI=1S/C11H24N4O/c1-3-14-6-8-15(9-7-14)5-4-10(13-2)11(12)16/h10,13H,3-9H2,1-2H3,(H2,12,16). The first kappa shape index (κ1) is 13.4. The molecule has 0 bridgehead atoms. The number of nitrogens with two attached hydrogens (primary N) is 1. The zero-order chi connectivity index (χ0) is 12.0. The lowest BCUT2D eigenvalue weighted by Crippen LogP contribution is -2.48. The highest BCUT2D eigenvalue weighted by molar-refractivity contribution is 5.79. The van der Waals surface area contributed by atoms with E-state index in [0.29, 0.717) is 0 Å². The number of hydrogen-bond acceptors (Lipinski definition) is 4. The van der Waals surface area contributed by atoms with Gasteiger partial charge in [-0.1, -0.05) is 6.92 Å². The smallest absolute Gasteiger partial charge is 0.234 e. The average molecular weight is 228 g/mol. The van der Waals surface area contributed by atoms with Gasteiger partial charge in [-0.15, -0.1) is 0 Å². The predicted molar refractivity (Wildman–Crippen MR) is 65.2 cm³/mol. The number of primary amides is 1. The van der Waals surface area contributed by atoms with E-state index in [2.05, 4.69) is 22.0 Å². The van der Waals surface area contributed by atoms with Gasteiger partial charge in [-0.25, -0.2) is 0 Å². The molecule has 0 aromatic carbocycles. The summed E-state index contributed by atoms with van der Waals surface area (Å²) in [5.74, 6) is -0.255. The van der Waals surface area contributed by atoms with Crippen molar-refractivity contribution in [3.63, 3.8) is 0 Å². The third kappa shape index (κ3) is 4.08. The van der Waals surface area contributed by atoms with Gasteiger partial charge in [-0.05, 0) is 20.0 Å². The van der Waals surface area contributed by atoms with Crippen LogP contribution in [-0.4, -0.2) is 68.1 Å². The molecule has 5 heteroatoms. The van der Waals surface area contributed by atoms with Crippen LogP contribution >= 0.6 is 0 Å². The quantitative estimate of drug-likeness (QED) is 0.618. The molecule has 3 N–H and O–H groups in total. The molecule has 1 rings (SSSR count). The minimum absolute atomic E-state index is 0.191. The first-order chi connectivity index (χ1) is 7.67. The Morgan fingerprint density at radius 2 is 1.88 bits per heavy atom. The average Bonchev–Trinajstić information content (AvgIpc) is 2.30. The number of nitrogens with one attached hydrogen (secondary N) is 1. The first-order valence-electron chi connectivity index (χ1n) is 6.08. The van der Waals surface area contributed by atoms with Gasteiger partial charge in [-0.2, -0.15) is 0 Å². The van der Waals surface area contributed by atoms with E-state index in [0.717, 1.165) is 45.7 Å². The van der Waals surface area contributed by atoms with Crippen molar-refractivity contribution >= 4 is 5.91 Å². The van der Waals surface area contributed by atoms with Gasteiger partial charge in [-0.3, -0.25) is 4.79 Å². The van der Waals surface area contributed by atoms with Gasteiger partial charge in [0.1, 0.15) is 0 Å². The molecular formula is C11H24N4O. The summed E-state index contributed by atoms with van der Waals surface area (Å²) in [7, 11) is 1.78. The highest BCUT2D eigenvalue weighted by Gasteiger charge is 2.18. The molecule has 94 valence electrons. The Kier molecular flexibility index (Phi) is 5.73. The van der Waals surface area contributed by atoms with Crippen LogP contribution in [0.2, 0.25) is 0 Å². The largest absolute Gasteiger partial charge is 0.368 e. The third-order valence-corrected chi connectivity index (χ3v) is 3.34. The highest BCUT2D eigenvalue weighted by Crippen LogP contribution is 2.03. The lowest BCUT2D eigenvalue weighted by Gasteiger charge is -2.34. The number of piperazine rings is 1. The third-order valence-electron chi connectivity index (χ3n) is 3.34. The van der Waals surface area contributed by atoms with Crippen LogP contribution < -0.4 is 11.1 Å². The molecule has 0 spiro atoms. The Morgan fingerprint density at radius 1 is 1.31 bits per heavy atom. The number of carbonyl (C=O) groups excluding carboxylic acids is 1. The second-order valence-corrected chi connectivity index (χ2v) is 4.31. The molecule has 1 atom stereocenters. The van der Waals surface area contributed by atoms with Crippen molar-refractivity contribution in [2.45, 2.75) is 19.4 Å². The normalized spacial score (nSPS) is 20.9. The summed E-state index contributed by atoms with van der Waals surface area (Å²) < 4.78 is 0. The Bertz CT molecular complexity index is 214. The molecular weight excluding hydrogens is 204 g/mol. The summed E-state index contributed by atoms with van der Waals surface area (Å²) in [6.07, 6.45) is 0.804. The number of likely N-dealkylation sites (N-methyl/N-ethyl adjacent to an activating group) is 2. The Balaban J connectivity index is 2.21. The van der Waals surface area contributed by atoms with Gasteiger partial charge in [0.15, 0.2) is 0 Å². The van der Waals surface area contributed by atoms with Crippen LogP contribution in [0.5, 0.6) is 0 Å². The minimum Gasteiger partial charge on any atom is -0.368 e. The zero-order valence-electron chi connectivity index (χ0n) is 10.4. The summed E-state index contributed by atoms with van der Waals surface area (Å²) in [5.41, 5.74) is 5.28. The van der Waals surface area contributed by atoms with Gasteiger partial charge in [0.25, 0.3) is 0 Å². The molecule has 0 aromatic rings. The van der Waals surface area contributed by atoms with E-state index >= 15 is 0 Å². The van der Waals surface area contributed by atoms with E-state index in [1.807, 2.05) is 0 Å². The topological polar surface area (TPSA) is 61.6 Å². The maximum absolute atomic E-state index is 11.0. The van der Waals surface area contributed by atoms with E-state index in [1.165, 1.54) is 0 Å². The lowest BCUT2D eigenvalue weighted by molar-refractivity contribution is -0.120. The molecule has 0 aliphatic carbocycles. The van der Waals surface area contributed by atoms with Crippen molar-refractivity contribution in [3.05, 3.63) is 0 Å². The molecule has 1 saturated heterocycles. The molecule has 5 nitrogen and oxygen atoms in total. The van der Waals surface area contributed by atoms with E-state index < -0.39 is 0 Å². The molecule has 0 radical (unpaired) electrons. The Hall–Kier alpha value is -0.650. The van der Waals surface area contributed by atoms with E-state index in [-0.39, 0.29) is 11.9 Å². The van der Waals surface area contributed by atoms with Crippen LogP contribution in [0.3, 0.4) is 0 Å². The van der Waals surface area contributed by atoms with Gasteiger partial charge >= 0.3 is 0 Å². The van der Waals surface area contributed by atoms with Crippen molar-refractivity contribution in [1.29, 1.82) is 0 Å². The monoisotopic (exact) mass is 228 g/mol. The van der Waals surface area contributed by atoms with Gasteiger partial charge in [0.2, 0.25) is 5.91 Å². The van der Waals surface area contributed by atoms with Gasteiger partial charge < -0.3 is 20.9 Å². The fraction of sp³-hybridized carbons (Fsp3) is 0.909. The molecule has 1 aliphatic heterocycles. The summed E-state index contributed by atoms with van der Waals surface area (Å²) in [5, 5.41) is 2.95. The van der Waals surface area contributed by atoms with E-state index in [1.54, 1.807) is 7.05 Å². The second kappa shape index (κ2) is 6.83. The lowest BCUT2D eigenvalue weighted by atomic mass is 10.2. The van der Waals surface area contributed by atoms with Crippen LogP contribution in [0.1, 0.15) is 13.3 Å². The van der Waals surface area contributed by atoms with E-state index in [9.17, 15) is 4.79 Å². The summed E-state index contributed by atoms with van der Waals surface area (Å²) >= 11 is 0. The first-order valence-corrected chi connectivity index (χ1v) is 6.08. The van der Waals surface area contributed by atoms with Crippen LogP contribution in [-0.2, 0) is 4.79 Å². The van der Waals surface area contributed by atoms with Crippen molar-refractivity contribution in [2.75, 3.05) is 46.3 Å².